The molecule has 5 saturated carbocycles. The lowest BCUT2D eigenvalue weighted by Crippen LogP contribution is -2.62. The van der Waals surface area contributed by atoms with Gasteiger partial charge < -0.3 is 39.6 Å². The SMILES string of the molecule is CC(C)(C)OC(=O)CC[C@H](NC(=O)OC(C)(C)C)C(=O)O[C@H]1C[C@@]2(C)C3C[C@H](O)[C@H]4C(C)(C)[C@@H](O)CC[C@@]45CC35CC[C@]2(C)[C@H]1[C@@]1(C)CC[C@@H](C(C)(C)O)O1. The van der Waals surface area contributed by atoms with Crippen LogP contribution in [0.1, 0.15) is 161 Å². The maximum atomic E-state index is 14.5. The van der Waals surface area contributed by atoms with Crippen molar-refractivity contribution in [2.24, 2.45) is 44.8 Å². The van der Waals surface area contributed by atoms with Crippen molar-refractivity contribution in [3.8, 4) is 0 Å². The van der Waals surface area contributed by atoms with Crippen molar-refractivity contribution in [1.82, 2.24) is 5.32 Å². The molecule has 1 saturated heterocycles. The Balaban J connectivity index is 1.35. The Morgan fingerprint density at radius 3 is 2.04 bits per heavy atom. The lowest BCUT2D eigenvalue weighted by Gasteiger charge is -2.64. The molecule has 11 heteroatoms. The number of aliphatic hydroxyl groups is 3. The normalized spacial score (nSPS) is 43.9. The summed E-state index contributed by atoms with van der Waals surface area (Å²) >= 11 is 0. The van der Waals surface area contributed by atoms with E-state index in [2.05, 4.69) is 39.9 Å². The van der Waals surface area contributed by atoms with Crippen molar-refractivity contribution in [3.63, 3.8) is 0 Å². The van der Waals surface area contributed by atoms with Crippen LogP contribution in [0.5, 0.6) is 0 Å². The molecule has 2 spiro atoms. The second kappa shape index (κ2) is 13.3. The number of amides is 1. The van der Waals surface area contributed by atoms with Gasteiger partial charge in [0.2, 0.25) is 0 Å². The summed E-state index contributed by atoms with van der Waals surface area (Å²) in [4.78, 5) is 40.5. The molecule has 0 aromatic carbocycles. The Hall–Kier alpha value is -1.95. The van der Waals surface area contributed by atoms with E-state index in [1.807, 2.05) is 0 Å². The standard InChI is InChI=1S/C44H73NO10/c1-36(2,3)54-31(48)15-14-25(45-35(50)55-37(4,5)6)34(49)52-27-23-41(12)28-22-26(46)32-38(7,8)29(47)16-19-44(32)24-43(28,44)21-20-40(41,11)33(27)42(13)18-17-30(53-42)39(9,10)51/h25-30,32-33,46-47,51H,14-24H2,1-13H3,(H,45,50)/t25-,26-,27-,28?,29-,30-,32-,33-,40+,41-,42+,43?,44+/m0/s1. The van der Waals surface area contributed by atoms with Gasteiger partial charge in [0, 0.05) is 12.3 Å². The maximum absolute atomic E-state index is 14.5. The van der Waals surface area contributed by atoms with Crippen molar-refractivity contribution < 1.29 is 48.7 Å². The van der Waals surface area contributed by atoms with Gasteiger partial charge in [-0.25, -0.2) is 9.59 Å². The van der Waals surface area contributed by atoms with Gasteiger partial charge in [0.15, 0.2) is 0 Å². The first-order valence-electron chi connectivity index (χ1n) is 21.1. The highest BCUT2D eigenvalue weighted by molar-refractivity contribution is 5.82. The third-order valence-electron chi connectivity index (χ3n) is 16.1. The first-order chi connectivity index (χ1) is 24.9. The van der Waals surface area contributed by atoms with E-state index < -0.39 is 76.3 Å². The van der Waals surface area contributed by atoms with Crippen LogP contribution in [0.2, 0.25) is 0 Å². The molecule has 314 valence electrons. The number of carbonyl (C=O) groups excluding carboxylic acids is 3. The summed E-state index contributed by atoms with van der Waals surface area (Å²) in [5, 5.41) is 37.1. The topological polar surface area (TPSA) is 161 Å². The van der Waals surface area contributed by atoms with Crippen molar-refractivity contribution in [2.45, 2.75) is 213 Å². The molecule has 2 unspecified atom stereocenters. The van der Waals surface area contributed by atoms with Gasteiger partial charge in [-0.3, -0.25) is 4.79 Å². The molecule has 5 aliphatic carbocycles. The smallest absolute Gasteiger partial charge is 0.408 e. The largest absolute Gasteiger partial charge is 0.460 e. The van der Waals surface area contributed by atoms with Crippen LogP contribution in [0.15, 0.2) is 0 Å². The summed E-state index contributed by atoms with van der Waals surface area (Å²) < 4.78 is 24.7. The fourth-order valence-electron chi connectivity index (χ4n) is 13.8. The van der Waals surface area contributed by atoms with Crippen molar-refractivity contribution in [1.29, 1.82) is 0 Å². The number of aliphatic hydroxyl groups excluding tert-OH is 2. The molecule has 11 nitrogen and oxygen atoms in total. The molecule has 6 rings (SSSR count). The second-order valence-corrected chi connectivity index (χ2v) is 22.6. The monoisotopic (exact) mass is 776 g/mol. The highest BCUT2D eigenvalue weighted by Gasteiger charge is 2.85. The summed E-state index contributed by atoms with van der Waals surface area (Å²) in [7, 11) is 0. The number of fused-ring (bicyclic) bond motifs is 2. The molecule has 1 aliphatic heterocycles. The van der Waals surface area contributed by atoms with E-state index in [4.69, 9.17) is 18.9 Å². The van der Waals surface area contributed by atoms with Crippen LogP contribution in [0.4, 0.5) is 4.79 Å². The van der Waals surface area contributed by atoms with Crippen molar-refractivity contribution in [2.75, 3.05) is 0 Å². The lowest BCUT2D eigenvalue weighted by atomic mass is 9.41. The Bertz CT molecular complexity index is 1520. The van der Waals surface area contributed by atoms with Gasteiger partial charge in [-0.1, -0.05) is 27.7 Å². The number of hydrogen-bond donors (Lipinski definition) is 4. The summed E-state index contributed by atoms with van der Waals surface area (Å²) in [6.07, 6.45) is 4.21. The van der Waals surface area contributed by atoms with Crippen LogP contribution in [-0.4, -0.2) is 86.2 Å². The number of ether oxygens (including phenoxy) is 4. The number of rotatable bonds is 8. The fourth-order valence-corrected chi connectivity index (χ4v) is 13.8. The van der Waals surface area contributed by atoms with Gasteiger partial charge >= 0.3 is 18.0 Å². The number of alkyl carbamates (subject to hydrolysis) is 1. The Morgan fingerprint density at radius 1 is 0.818 bits per heavy atom. The Morgan fingerprint density at radius 2 is 1.45 bits per heavy atom. The Labute approximate surface area is 329 Å². The van der Waals surface area contributed by atoms with Crippen LogP contribution in [0.3, 0.4) is 0 Å². The van der Waals surface area contributed by atoms with Crippen molar-refractivity contribution in [3.05, 3.63) is 0 Å². The average molecular weight is 776 g/mol. The quantitative estimate of drug-likeness (QED) is 0.149. The van der Waals surface area contributed by atoms with E-state index in [9.17, 15) is 29.7 Å². The highest BCUT2D eigenvalue weighted by atomic mass is 16.6. The highest BCUT2D eigenvalue weighted by Crippen LogP contribution is 2.89. The third kappa shape index (κ3) is 7.04. The predicted octanol–water partition coefficient (Wildman–Crippen LogP) is 7.00. The lowest BCUT2D eigenvalue weighted by molar-refractivity contribution is -0.214. The maximum Gasteiger partial charge on any atom is 0.408 e. The fraction of sp³-hybridized carbons (Fsp3) is 0.932. The van der Waals surface area contributed by atoms with E-state index >= 15 is 0 Å². The molecule has 1 amide bonds. The second-order valence-electron chi connectivity index (χ2n) is 22.6. The molecule has 0 radical (unpaired) electrons. The molecule has 0 aromatic heterocycles. The summed E-state index contributed by atoms with van der Waals surface area (Å²) in [6.45, 7) is 25.2. The van der Waals surface area contributed by atoms with Gasteiger partial charge in [-0.15, -0.1) is 0 Å². The third-order valence-corrected chi connectivity index (χ3v) is 16.1. The summed E-state index contributed by atoms with van der Waals surface area (Å²) in [5.41, 5.74) is -4.41. The molecule has 4 N–H and O–H groups in total. The number of nitrogens with one attached hydrogen (secondary N) is 1. The van der Waals surface area contributed by atoms with Crippen molar-refractivity contribution >= 4 is 18.0 Å². The molecular formula is C44H73NO10. The zero-order valence-corrected chi connectivity index (χ0v) is 36.1. The summed E-state index contributed by atoms with van der Waals surface area (Å²) in [6, 6.07) is -1.17. The Kier molecular flexibility index (Phi) is 10.3. The minimum absolute atomic E-state index is 0.0201. The van der Waals surface area contributed by atoms with Gasteiger partial charge in [-0.05, 0) is 165 Å². The molecule has 0 bridgehead atoms. The molecule has 1 heterocycles. The van der Waals surface area contributed by atoms with E-state index in [1.54, 1.807) is 55.4 Å². The molecule has 55 heavy (non-hydrogen) atoms. The molecule has 6 fully saturated rings. The van der Waals surface area contributed by atoms with Crippen LogP contribution >= 0.6 is 0 Å². The van der Waals surface area contributed by atoms with Crippen LogP contribution in [0, 0.1) is 44.8 Å². The molecular weight excluding hydrogens is 702 g/mol. The van der Waals surface area contributed by atoms with E-state index in [0.29, 0.717) is 25.7 Å². The minimum Gasteiger partial charge on any atom is -0.460 e. The molecule has 13 atom stereocenters. The van der Waals surface area contributed by atoms with Crippen LogP contribution in [-0.2, 0) is 28.5 Å². The molecule has 6 aliphatic rings. The predicted molar refractivity (Wildman–Crippen MR) is 207 cm³/mol. The van der Waals surface area contributed by atoms with Crippen LogP contribution < -0.4 is 5.32 Å². The van der Waals surface area contributed by atoms with E-state index in [1.165, 1.54) is 0 Å². The first-order valence-corrected chi connectivity index (χ1v) is 21.1. The first kappa shape index (κ1) is 42.7. The summed E-state index contributed by atoms with van der Waals surface area (Å²) in [5.74, 6) is -1.19. The zero-order valence-electron chi connectivity index (χ0n) is 36.1. The zero-order chi connectivity index (χ0) is 41.2. The average Bonchev–Trinajstić information content (AvgIpc) is 3.35. The van der Waals surface area contributed by atoms with Gasteiger partial charge in [0.25, 0.3) is 0 Å². The number of carbonyl (C=O) groups is 3. The van der Waals surface area contributed by atoms with E-state index in [-0.39, 0.29) is 52.3 Å². The van der Waals surface area contributed by atoms with Gasteiger partial charge in [0.05, 0.1) is 29.5 Å². The van der Waals surface area contributed by atoms with Gasteiger partial charge in [-0.2, -0.15) is 0 Å². The number of esters is 2. The number of hydrogen-bond acceptors (Lipinski definition) is 10. The minimum atomic E-state index is -1.17. The van der Waals surface area contributed by atoms with Gasteiger partial charge in [0.1, 0.15) is 23.3 Å². The van der Waals surface area contributed by atoms with E-state index in [0.717, 1.165) is 32.1 Å². The van der Waals surface area contributed by atoms with Crippen LogP contribution in [0.25, 0.3) is 0 Å². The molecule has 0 aromatic rings.